The van der Waals surface area contributed by atoms with Crippen molar-refractivity contribution in [2.45, 2.75) is 33.2 Å². The molecule has 0 aliphatic rings. The van der Waals surface area contributed by atoms with E-state index < -0.39 is 10.0 Å². The van der Waals surface area contributed by atoms with E-state index in [1.54, 1.807) is 31.4 Å². The van der Waals surface area contributed by atoms with Gasteiger partial charge in [0.2, 0.25) is 10.0 Å². The smallest absolute Gasteiger partial charge is 0.251 e. The number of carbonyl (C=O) groups is 1. The maximum atomic E-state index is 12.8. The predicted octanol–water partition coefficient (Wildman–Crippen LogP) is 4.60. The number of nitrogens with zero attached hydrogens (tertiary/aromatic N) is 1. The van der Waals surface area contributed by atoms with Crippen LogP contribution in [0.25, 0.3) is 0 Å². The molecule has 1 N–H and O–H groups in total. The van der Waals surface area contributed by atoms with E-state index in [2.05, 4.69) is 5.32 Å². The highest BCUT2D eigenvalue weighted by atomic mass is 32.2. The summed E-state index contributed by atoms with van der Waals surface area (Å²) < 4.78 is 38.0. The largest absolute Gasteiger partial charge is 0.493 e. The number of methoxy groups -OCH3 is 1. The number of benzene rings is 3. The van der Waals surface area contributed by atoms with E-state index in [0.717, 1.165) is 35.2 Å². The van der Waals surface area contributed by atoms with Gasteiger partial charge in [0, 0.05) is 5.56 Å². The van der Waals surface area contributed by atoms with E-state index in [9.17, 15) is 13.2 Å². The van der Waals surface area contributed by atoms with Crippen LogP contribution in [0.15, 0.2) is 66.7 Å². The fourth-order valence-corrected chi connectivity index (χ4v) is 4.94. The Kier molecular flexibility index (Phi) is 9.36. The highest BCUT2D eigenvalue weighted by molar-refractivity contribution is 7.92. The first kappa shape index (κ1) is 27.1. The van der Waals surface area contributed by atoms with Gasteiger partial charge in [-0.25, -0.2) is 8.42 Å². The normalized spacial score (nSPS) is 11.1. The number of nitrogens with one attached hydrogen (secondary N) is 1. The number of anilines is 1. The molecule has 0 bridgehead atoms. The molecule has 8 heteroatoms. The Balaban J connectivity index is 1.66. The minimum Gasteiger partial charge on any atom is -0.493 e. The molecule has 36 heavy (non-hydrogen) atoms. The van der Waals surface area contributed by atoms with Gasteiger partial charge in [-0.2, -0.15) is 0 Å². The van der Waals surface area contributed by atoms with Gasteiger partial charge in [-0.15, -0.1) is 0 Å². The lowest BCUT2D eigenvalue weighted by atomic mass is 10.0. The fourth-order valence-electron chi connectivity index (χ4n) is 3.99. The topological polar surface area (TPSA) is 84.9 Å². The van der Waals surface area contributed by atoms with Crippen LogP contribution < -0.4 is 19.1 Å². The van der Waals surface area contributed by atoms with Crippen LogP contribution in [0.4, 0.5) is 5.69 Å². The molecule has 0 heterocycles. The Morgan fingerprint density at radius 2 is 1.50 bits per heavy atom. The number of hydrogen-bond acceptors (Lipinski definition) is 5. The average Bonchev–Trinajstić information content (AvgIpc) is 2.89. The molecule has 192 valence electrons. The molecular weight excluding hydrogens is 476 g/mol. The summed E-state index contributed by atoms with van der Waals surface area (Å²) in [5.74, 6) is 1.02. The minimum atomic E-state index is -3.52. The summed E-state index contributed by atoms with van der Waals surface area (Å²) >= 11 is 0. The van der Waals surface area contributed by atoms with E-state index in [4.69, 9.17) is 9.47 Å². The minimum absolute atomic E-state index is 0.192. The number of carbonyl (C=O) groups excluding carboxylic acids is 1. The zero-order chi connectivity index (χ0) is 26.1. The van der Waals surface area contributed by atoms with Crippen molar-refractivity contribution in [3.05, 3.63) is 89.0 Å². The summed E-state index contributed by atoms with van der Waals surface area (Å²) in [6.45, 7) is 4.86. The van der Waals surface area contributed by atoms with Gasteiger partial charge in [0.15, 0.2) is 11.5 Å². The van der Waals surface area contributed by atoms with Gasteiger partial charge in [0.25, 0.3) is 5.91 Å². The molecule has 0 radical (unpaired) electrons. The Labute approximate surface area is 214 Å². The SMILES string of the molecule is CCc1cccc(CC)c1N(Cc1ccc(C(=O)NCCOc2ccccc2OC)cc1)S(C)(=O)=O. The van der Waals surface area contributed by atoms with Crippen molar-refractivity contribution in [3.8, 4) is 11.5 Å². The summed E-state index contributed by atoms with van der Waals surface area (Å²) in [4.78, 5) is 12.6. The molecule has 0 saturated carbocycles. The lowest BCUT2D eigenvalue weighted by Gasteiger charge is -2.27. The number of amides is 1. The third kappa shape index (κ3) is 6.79. The molecular formula is C28H34N2O5S. The number of hydrogen-bond donors (Lipinski definition) is 1. The summed E-state index contributed by atoms with van der Waals surface area (Å²) in [7, 11) is -1.94. The summed E-state index contributed by atoms with van der Waals surface area (Å²) in [6, 6.07) is 20.2. The van der Waals surface area contributed by atoms with Crippen molar-refractivity contribution in [1.82, 2.24) is 5.32 Å². The fraction of sp³-hybridized carbons (Fsp3) is 0.321. The van der Waals surface area contributed by atoms with Crippen LogP contribution >= 0.6 is 0 Å². The van der Waals surface area contributed by atoms with E-state index in [1.165, 1.54) is 10.6 Å². The highest BCUT2D eigenvalue weighted by Gasteiger charge is 2.23. The van der Waals surface area contributed by atoms with Crippen LogP contribution in [0.3, 0.4) is 0 Å². The molecule has 0 unspecified atom stereocenters. The van der Waals surface area contributed by atoms with E-state index in [0.29, 0.717) is 30.2 Å². The molecule has 0 aliphatic heterocycles. The van der Waals surface area contributed by atoms with Crippen molar-refractivity contribution in [2.75, 3.05) is 30.8 Å². The van der Waals surface area contributed by atoms with Crippen LogP contribution in [-0.4, -0.2) is 40.8 Å². The van der Waals surface area contributed by atoms with Crippen molar-refractivity contribution in [3.63, 3.8) is 0 Å². The predicted molar refractivity (Wildman–Crippen MR) is 143 cm³/mol. The molecule has 0 fully saturated rings. The number of sulfonamides is 1. The van der Waals surface area contributed by atoms with Crippen LogP contribution in [0.1, 0.15) is 40.9 Å². The Morgan fingerprint density at radius 3 is 2.06 bits per heavy atom. The summed E-state index contributed by atoms with van der Waals surface area (Å²) in [5.41, 5.74) is 4.02. The van der Waals surface area contributed by atoms with E-state index in [-0.39, 0.29) is 12.5 Å². The number of para-hydroxylation sites is 3. The Hall–Kier alpha value is -3.52. The molecule has 3 aromatic rings. The molecule has 3 rings (SSSR count). The maximum Gasteiger partial charge on any atom is 0.251 e. The van der Waals surface area contributed by atoms with Crippen LogP contribution in [0.2, 0.25) is 0 Å². The zero-order valence-corrected chi connectivity index (χ0v) is 22.1. The molecule has 3 aromatic carbocycles. The van der Waals surface area contributed by atoms with Gasteiger partial charge < -0.3 is 14.8 Å². The second-order valence-electron chi connectivity index (χ2n) is 8.35. The first-order chi connectivity index (χ1) is 17.3. The highest BCUT2D eigenvalue weighted by Crippen LogP contribution is 2.30. The van der Waals surface area contributed by atoms with Crippen molar-refractivity contribution in [2.24, 2.45) is 0 Å². The molecule has 0 aliphatic carbocycles. The van der Waals surface area contributed by atoms with Crippen molar-refractivity contribution in [1.29, 1.82) is 0 Å². The lowest BCUT2D eigenvalue weighted by molar-refractivity contribution is 0.0947. The summed E-state index contributed by atoms with van der Waals surface area (Å²) in [6.07, 6.45) is 2.69. The maximum absolute atomic E-state index is 12.8. The average molecular weight is 511 g/mol. The van der Waals surface area contributed by atoms with Gasteiger partial charge in [0.05, 0.1) is 32.1 Å². The first-order valence-electron chi connectivity index (χ1n) is 12.0. The van der Waals surface area contributed by atoms with Crippen molar-refractivity contribution >= 4 is 21.6 Å². The zero-order valence-electron chi connectivity index (χ0n) is 21.3. The van der Waals surface area contributed by atoms with Crippen LogP contribution in [-0.2, 0) is 29.4 Å². The molecule has 0 saturated heterocycles. The van der Waals surface area contributed by atoms with Gasteiger partial charge in [-0.3, -0.25) is 9.10 Å². The number of ether oxygens (including phenoxy) is 2. The monoisotopic (exact) mass is 510 g/mol. The van der Waals surface area contributed by atoms with Gasteiger partial charge in [-0.05, 0) is 53.8 Å². The molecule has 0 atom stereocenters. The van der Waals surface area contributed by atoms with E-state index in [1.807, 2.05) is 56.3 Å². The lowest BCUT2D eigenvalue weighted by Crippen LogP contribution is -2.31. The third-order valence-electron chi connectivity index (χ3n) is 5.87. The van der Waals surface area contributed by atoms with Crippen LogP contribution in [0, 0.1) is 0 Å². The van der Waals surface area contributed by atoms with Gasteiger partial charge in [0.1, 0.15) is 6.61 Å². The molecule has 1 amide bonds. The van der Waals surface area contributed by atoms with E-state index >= 15 is 0 Å². The molecule has 0 aromatic heterocycles. The van der Waals surface area contributed by atoms with Crippen LogP contribution in [0.5, 0.6) is 11.5 Å². The van der Waals surface area contributed by atoms with Crippen molar-refractivity contribution < 1.29 is 22.7 Å². The second kappa shape index (κ2) is 12.4. The molecule has 7 nitrogen and oxygen atoms in total. The number of rotatable bonds is 12. The second-order valence-corrected chi connectivity index (χ2v) is 10.3. The standard InChI is InChI=1S/C28H34N2O5S/c1-5-22-10-9-11-23(6-2)27(22)30(36(4,32)33)20-21-14-16-24(17-15-21)28(31)29-18-19-35-26-13-8-7-12-25(26)34-3/h7-17H,5-6,18-20H2,1-4H3,(H,29,31). The quantitative estimate of drug-likeness (QED) is 0.360. The Bertz CT molecular complexity index is 1250. The number of aryl methyl sites for hydroxylation is 2. The van der Waals surface area contributed by atoms with Gasteiger partial charge in [-0.1, -0.05) is 56.3 Å². The Morgan fingerprint density at radius 1 is 0.889 bits per heavy atom. The van der Waals surface area contributed by atoms with Gasteiger partial charge >= 0.3 is 0 Å². The summed E-state index contributed by atoms with van der Waals surface area (Å²) in [5, 5.41) is 2.84. The first-order valence-corrected chi connectivity index (χ1v) is 13.8. The molecule has 0 spiro atoms. The third-order valence-corrected chi connectivity index (χ3v) is 6.98.